The average molecular weight is 255 g/mol. The molecule has 1 atom stereocenters. The lowest BCUT2D eigenvalue weighted by Crippen LogP contribution is -2.38. The Hall–Kier alpha value is -1.32. The number of hydrogen-bond donors (Lipinski definition) is 1. The number of amides is 1. The summed E-state index contributed by atoms with van der Waals surface area (Å²) in [5.74, 6) is -0.520. The van der Waals surface area contributed by atoms with E-state index in [-0.39, 0.29) is 11.9 Å². The summed E-state index contributed by atoms with van der Waals surface area (Å²) in [5, 5.41) is 2.64. The minimum absolute atomic E-state index is 0.157. The quantitative estimate of drug-likeness (QED) is 0.579. The summed E-state index contributed by atoms with van der Waals surface area (Å²) in [7, 11) is 0. The van der Waals surface area contributed by atoms with Crippen LogP contribution in [0, 0.1) is 0 Å². The van der Waals surface area contributed by atoms with Crippen molar-refractivity contribution >= 4 is 11.9 Å². The first-order valence-electron chi connectivity index (χ1n) is 6.41. The van der Waals surface area contributed by atoms with Gasteiger partial charge in [0.25, 0.3) is 0 Å². The van der Waals surface area contributed by atoms with Gasteiger partial charge in [0.1, 0.15) is 11.6 Å². The van der Waals surface area contributed by atoms with E-state index >= 15 is 0 Å². The van der Waals surface area contributed by atoms with Crippen LogP contribution < -0.4 is 5.32 Å². The van der Waals surface area contributed by atoms with Gasteiger partial charge in [-0.1, -0.05) is 19.4 Å². The topological polar surface area (TPSA) is 55.4 Å². The Kier molecular flexibility index (Phi) is 6.09. The maximum absolute atomic E-state index is 11.7. The van der Waals surface area contributed by atoms with E-state index in [0.29, 0.717) is 12.0 Å². The molecule has 0 aromatic rings. The number of nitrogens with one attached hydrogen (secondary N) is 1. The number of rotatable bonds is 1. The molecule has 0 radical (unpaired) electrons. The van der Waals surface area contributed by atoms with E-state index < -0.39 is 11.6 Å². The van der Waals surface area contributed by atoms with Crippen molar-refractivity contribution in [3.8, 4) is 0 Å². The third kappa shape index (κ3) is 4.90. The first-order chi connectivity index (χ1) is 8.20. The van der Waals surface area contributed by atoms with Gasteiger partial charge in [-0.3, -0.25) is 4.79 Å². The summed E-state index contributed by atoms with van der Waals surface area (Å²) in [6.45, 7) is 13.2. The van der Waals surface area contributed by atoms with Crippen molar-refractivity contribution in [1.82, 2.24) is 5.32 Å². The number of carbonyl (C=O) groups is 2. The zero-order chi connectivity index (χ0) is 14.5. The lowest BCUT2D eigenvalue weighted by atomic mass is 10.1. The van der Waals surface area contributed by atoms with Crippen molar-refractivity contribution < 1.29 is 14.3 Å². The van der Waals surface area contributed by atoms with Crippen molar-refractivity contribution in [1.29, 1.82) is 0 Å². The summed E-state index contributed by atoms with van der Waals surface area (Å²) in [6.07, 6.45) is 0.427. The summed E-state index contributed by atoms with van der Waals surface area (Å²) in [5.41, 5.74) is 1.12. The largest absolute Gasteiger partial charge is 0.458 e. The fraction of sp³-hybridized carbons (Fsp3) is 0.714. The maximum Gasteiger partial charge on any atom is 0.329 e. The van der Waals surface area contributed by atoms with Crippen LogP contribution in [0.3, 0.4) is 0 Å². The highest BCUT2D eigenvalue weighted by molar-refractivity contribution is 6.01. The van der Waals surface area contributed by atoms with Crippen LogP contribution >= 0.6 is 0 Å². The van der Waals surface area contributed by atoms with Crippen LogP contribution in [0.1, 0.15) is 54.9 Å². The maximum atomic E-state index is 11.7. The van der Waals surface area contributed by atoms with E-state index in [2.05, 4.69) is 5.32 Å². The zero-order valence-corrected chi connectivity index (χ0v) is 12.5. The minimum Gasteiger partial charge on any atom is -0.458 e. The molecule has 104 valence electrons. The Morgan fingerprint density at radius 1 is 1.28 bits per heavy atom. The van der Waals surface area contributed by atoms with Crippen LogP contribution in [0.25, 0.3) is 0 Å². The molecule has 4 nitrogen and oxygen atoms in total. The zero-order valence-electron chi connectivity index (χ0n) is 12.5. The second-order valence-electron chi connectivity index (χ2n) is 5.24. The molecule has 1 aliphatic rings. The van der Waals surface area contributed by atoms with E-state index in [9.17, 15) is 9.59 Å². The molecule has 1 rings (SSSR count). The Morgan fingerprint density at radius 2 is 1.78 bits per heavy atom. The average Bonchev–Trinajstić information content (AvgIpc) is 2.61. The number of allylic oxidation sites excluding steroid dienone is 1. The molecule has 18 heavy (non-hydrogen) atoms. The third-order valence-electron chi connectivity index (χ3n) is 2.28. The summed E-state index contributed by atoms with van der Waals surface area (Å²) in [6, 6.07) is -0.531. The molecule has 1 unspecified atom stereocenters. The van der Waals surface area contributed by atoms with Gasteiger partial charge in [-0.15, -0.1) is 0 Å². The Labute approximate surface area is 110 Å². The molecule has 0 saturated carbocycles. The molecule has 0 aromatic carbocycles. The van der Waals surface area contributed by atoms with Gasteiger partial charge in [0.05, 0.1) is 0 Å². The highest BCUT2D eigenvalue weighted by atomic mass is 16.6. The number of ether oxygens (including phenoxy) is 1. The molecule has 1 amide bonds. The first kappa shape index (κ1) is 16.7. The molecule has 0 spiro atoms. The van der Waals surface area contributed by atoms with Crippen LogP contribution in [-0.4, -0.2) is 23.5 Å². The van der Waals surface area contributed by atoms with E-state index in [1.807, 2.05) is 48.5 Å². The molecule has 1 aliphatic heterocycles. The van der Waals surface area contributed by atoms with E-state index in [1.54, 1.807) is 0 Å². The standard InChI is InChI=1S/C12H19NO3.C2H6/c1-7(2)8-6-9(13-10(8)14)11(15)16-12(3,4)5;1-2/h9H,6H2,1-5H3,(H,13,14);1-2H3. The molecule has 0 aliphatic carbocycles. The molecule has 1 N–H and O–H groups in total. The van der Waals surface area contributed by atoms with Crippen molar-refractivity contribution in [2.75, 3.05) is 0 Å². The highest BCUT2D eigenvalue weighted by Gasteiger charge is 2.34. The van der Waals surface area contributed by atoms with Crippen molar-refractivity contribution in [3.05, 3.63) is 11.1 Å². The number of carbonyl (C=O) groups excluding carboxylic acids is 2. The van der Waals surface area contributed by atoms with Gasteiger partial charge in [0.15, 0.2) is 0 Å². The van der Waals surface area contributed by atoms with Crippen LogP contribution in [0.2, 0.25) is 0 Å². The lowest BCUT2D eigenvalue weighted by Gasteiger charge is -2.21. The van der Waals surface area contributed by atoms with Crippen LogP contribution in [0.4, 0.5) is 0 Å². The fourth-order valence-corrected chi connectivity index (χ4v) is 1.54. The van der Waals surface area contributed by atoms with Gasteiger partial charge in [0.2, 0.25) is 5.91 Å². The van der Waals surface area contributed by atoms with Crippen molar-refractivity contribution in [3.63, 3.8) is 0 Å². The molecule has 1 heterocycles. The predicted octanol–water partition coefficient (Wildman–Crippen LogP) is 2.58. The Morgan fingerprint density at radius 3 is 2.11 bits per heavy atom. The van der Waals surface area contributed by atoms with Gasteiger partial charge in [0, 0.05) is 12.0 Å². The predicted molar refractivity (Wildman–Crippen MR) is 72.1 cm³/mol. The summed E-state index contributed by atoms with van der Waals surface area (Å²) < 4.78 is 5.22. The number of esters is 1. The van der Waals surface area contributed by atoms with E-state index in [0.717, 1.165) is 5.57 Å². The van der Waals surface area contributed by atoms with Crippen LogP contribution in [0.15, 0.2) is 11.1 Å². The fourth-order valence-electron chi connectivity index (χ4n) is 1.54. The molecule has 4 heteroatoms. The molecule has 0 aromatic heterocycles. The van der Waals surface area contributed by atoms with Gasteiger partial charge in [-0.2, -0.15) is 0 Å². The van der Waals surface area contributed by atoms with Gasteiger partial charge in [-0.05, 0) is 34.6 Å². The smallest absolute Gasteiger partial charge is 0.329 e. The molecule has 1 fully saturated rings. The van der Waals surface area contributed by atoms with Crippen molar-refractivity contribution in [2.24, 2.45) is 0 Å². The second kappa shape index (κ2) is 6.57. The Bertz CT molecular complexity index is 347. The van der Waals surface area contributed by atoms with Gasteiger partial charge in [-0.25, -0.2) is 4.79 Å². The summed E-state index contributed by atoms with van der Waals surface area (Å²) in [4.78, 5) is 23.2. The third-order valence-corrected chi connectivity index (χ3v) is 2.28. The molecular formula is C14H25NO3. The van der Waals surface area contributed by atoms with Crippen molar-refractivity contribution in [2.45, 2.75) is 66.5 Å². The molecular weight excluding hydrogens is 230 g/mol. The first-order valence-corrected chi connectivity index (χ1v) is 6.41. The van der Waals surface area contributed by atoms with Crippen LogP contribution in [0.5, 0.6) is 0 Å². The SMILES string of the molecule is CC.CC(C)=C1CC(C(=O)OC(C)(C)C)NC1=O. The highest BCUT2D eigenvalue weighted by Crippen LogP contribution is 2.20. The Balaban J connectivity index is 0.00000137. The molecule has 1 saturated heterocycles. The van der Waals surface area contributed by atoms with Gasteiger partial charge >= 0.3 is 5.97 Å². The van der Waals surface area contributed by atoms with E-state index in [4.69, 9.17) is 4.74 Å². The minimum atomic E-state index is -0.531. The lowest BCUT2D eigenvalue weighted by molar-refractivity contribution is -0.157. The number of hydrogen-bond acceptors (Lipinski definition) is 3. The van der Waals surface area contributed by atoms with E-state index in [1.165, 1.54) is 0 Å². The van der Waals surface area contributed by atoms with Gasteiger partial charge < -0.3 is 10.1 Å². The van der Waals surface area contributed by atoms with Crippen LogP contribution in [-0.2, 0) is 14.3 Å². The summed E-state index contributed by atoms with van der Waals surface area (Å²) >= 11 is 0. The normalized spacial score (nSPS) is 18.7. The molecule has 0 bridgehead atoms. The second-order valence-corrected chi connectivity index (χ2v) is 5.24. The monoisotopic (exact) mass is 255 g/mol.